The van der Waals surface area contributed by atoms with Crippen LogP contribution in [0.3, 0.4) is 0 Å². The van der Waals surface area contributed by atoms with Crippen LogP contribution in [0.2, 0.25) is 5.02 Å². The number of halogens is 1. The van der Waals surface area contributed by atoms with E-state index in [1.165, 1.54) is 13.2 Å². The van der Waals surface area contributed by atoms with Gasteiger partial charge in [-0.1, -0.05) is 23.7 Å². The van der Waals surface area contributed by atoms with Crippen LogP contribution in [0.5, 0.6) is 0 Å². The van der Waals surface area contributed by atoms with Gasteiger partial charge in [0, 0.05) is 12.1 Å². The van der Waals surface area contributed by atoms with E-state index < -0.39 is 12.1 Å². The number of methoxy groups -OCH3 is 1. The second-order valence-corrected chi connectivity index (χ2v) is 4.33. The molecule has 0 aliphatic heterocycles. The Kier molecular flexibility index (Phi) is 6.07. The standard InChI is InChI=1S/C14H14ClNO3/c1-10(9-18-2)19-14(17)12(8-16)7-11-3-5-13(15)6-4-11/h3-7,10H,9H2,1-2H3/b12-7-. The molecular formula is C14H14ClNO3. The molecule has 0 aliphatic carbocycles. The van der Waals surface area contributed by atoms with E-state index in [0.717, 1.165) is 0 Å². The second kappa shape index (κ2) is 7.57. The first-order valence-corrected chi connectivity index (χ1v) is 6.02. The van der Waals surface area contributed by atoms with E-state index in [4.69, 9.17) is 26.3 Å². The molecule has 0 amide bonds. The van der Waals surface area contributed by atoms with Crippen molar-refractivity contribution < 1.29 is 14.3 Å². The van der Waals surface area contributed by atoms with Crippen LogP contribution >= 0.6 is 11.6 Å². The van der Waals surface area contributed by atoms with Gasteiger partial charge in [0.25, 0.3) is 0 Å². The van der Waals surface area contributed by atoms with Crippen LogP contribution in [0, 0.1) is 11.3 Å². The summed E-state index contributed by atoms with van der Waals surface area (Å²) in [5, 5.41) is 9.57. The van der Waals surface area contributed by atoms with Gasteiger partial charge in [-0.3, -0.25) is 0 Å². The molecule has 19 heavy (non-hydrogen) atoms. The van der Waals surface area contributed by atoms with Crippen molar-refractivity contribution >= 4 is 23.6 Å². The number of esters is 1. The minimum Gasteiger partial charge on any atom is -0.456 e. The molecule has 1 aromatic carbocycles. The van der Waals surface area contributed by atoms with Gasteiger partial charge in [-0.15, -0.1) is 0 Å². The third-order valence-corrected chi connectivity index (χ3v) is 2.48. The van der Waals surface area contributed by atoms with Crippen LogP contribution < -0.4 is 0 Å². The highest BCUT2D eigenvalue weighted by molar-refractivity contribution is 6.30. The summed E-state index contributed by atoms with van der Waals surface area (Å²) in [6.45, 7) is 1.98. The molecular weight excluding hydrogens is 266 g/mol. The van der Waals surface area contributed by atoms with Gasteiger partial charge in [-0.2, -0.15) is 5.26 Å². The topological polar surface area (TPSA) is 59.3 Å². The summed E-state index contributed by atoms with van der Waals surface area (Å²) in [6.07, 6.45) is 1.05. The zero-order valence-corrected chi connectivity index (χ0v) is 11.5. The molecule has 0 heterocycles. The normalized spacial score (nSPS) is 12.6. The van der Waals surface area contributed by atoms with Crippen molar-refractivity contribution in [2.24, 2.45) is 0 Å². The molecule has 0 bridgehead atoms. The van der Waals surface area contributed by atoms with Gasteiger partial charge in [0.1, 0.15) is 17.7 Å². The summed E-state index contributed by atoms with van der Waals surface area (Å²) in [4.78, 5) is 11.7. The van der Waals surface area contributed by atoms with E-state index in [1.54, 1.807) is 31.2 Å². The van der Waals surface area contributed by atoms with Crippen LogP contribution in [-0.4, -0.2) is 25.8 Å². The highest BCUT2D eigenvalue weighted by Crippen LogP contribution is 2.13. The van der Waals surface area contributed by atoms with E-state index in [9.17, 15) is 4.79 Å². The first kappa shape index (κ1) is 15.2. The molecule has 0 aliphatic rings. The van der Waals surface area contributed by atoms with Gasteiger partial charge in [-0.05, 0) is 30.7 Å². The summed E-state index contributed by atoms with van der Waals surface area (Å²) in [5.41, 5.74) is 0.641. The highest BCUT2D eigenvalue weighted by Gasteiger charge is 2.14. The number of carbonyl (C=O) groups excluding carboxylic acids is 1. The lowest BCUT2D eigenvalue weighted by Crippen LogP contribution is -2.20. The largest absolute Gasteiger partial charge is 0.456 e. The number of rotatable bonds is 5. The zero-order chi connectivity index (χ0) is 14.3. The third-order valence-electron chi connectivity index (χ3n) is 2.23. The van der Waals surface area contributed by atoms with Crippen LogP contribution in [0.25, 0.3) is 6.08 Å². The van der Waals surface area contributed by atoms with E-state index >= 15 is 0 Å². The van der Waals surface area contributed by atoms with Crippen molar-refractivity contribution in [2.45, 2.75) is 13.0 Å². The Morgan fingerprint density at radius 1 is 1.47 bits per heavy atom. The average molecular weight is 280 g/mol. The van der Waals surface area contributed by atoms with Gasteiger partial charge < -0.3 is 9.47 Å². The monoisotopic (exact) mass is 279 g/mol. The molecule has 0 aromatic heterocycles. The number of hydrogen-bond acceptors (Lipinski definition) is 4. The number of nitriles is 1. The second-order valence-electron chi connectivity index (χ2n) is 3.89. The van der Waals surface area contributed by atoms with Gasteiger partial charge in [0.05, 0.1) is 6.61 Å². The Hall–Kier alpha value is -1.83. The summed E-state index contributed by atoms with van der Waals surface area (Å²) in [6, 6.07) is 8.62. The molecule has 0 fully saturated rings. The summed E-state index contributed by atoms with van der Waals surface area (Å²) in [5.74, 6) is -0.665. The first-order chi connectivity index (χ1) is 9.06. The molecule has 0 spiro atoms. The minimum absolute atomic E-state index is 0.0646. The fourth-order valence-corrected chi connectivity index (χ4v) is 1.50. The van der Waals surface area contributed by atoms with Crippen LogP contribution in [0.1, 0.15) is 12.5 Å². The molecule has 0 saturated carbocycles. The zero-order valence-electron chi connectivity index (χ0n) is 10.7. The Balaban J connectivity index is 2.80. The van der Waals surface area contributed by atoms with Crippen molar-refractivity contribution in [3.8, 4) is 6.07 Å². The van der Waals surface area contributed by atoms with Crippen molar-refractivity contribution in [2.75, 3.05) is 13.7 Å². The Morgan fingerprint density at radius 2 is 2.11 bits per heavy atom. The first-order valence-electron chi connectivity index (χ1n) is 5.64. The molecule has 0 N–H and O–H groups in total. The van der Waals surface area contributed by atoms with Gasteiger partial charge >= 0.3 is 5.97 Å². The predicted octanol–water partition coefficient (Wildman–Crippen LogP) is 2.83. The summed E-state index contributed by atoms with van der Waals surface area (Å²) >= 11 is 5.76. The molecule has 4 nitrogen and oxygen atoms in total. The molecule has 0 saturated heterocycles. The van der Waals surface area contributed by atoms with E-state index in [-0.39, 0.29) is 12.2 Å². The van der Waals surface area contributed by atoms with Gasteiger partial charge in [-0.25, -0.2) is 4.79 Å². The predicted molar refractivity (Wildman–Crippen MR) is 72.5 cm³/mol. The van der Waals surface area contributed by atoms with Crippen LogP contribution in [0.15, 0.2) is 29.8 Å². The van der Waals surface area contributed by atoms with Crippen LogP contribution in [0.4, 0.5) is 0 Å². The average Bonchev–Trinajstić information content (AvgIpc) is 2.38. The number of carbonyl (C=O) groups is 1. The van der Waals surface area contributed by atoms with Gasteiger partial charge in [0.2, 0.25) is 0 Å². The quantitative estimate of drug-likeness (QED) is 0.472. The molecule has 0 radical (unpaired) electrons. The van der Waals surface area contributed by atoms with Gasteiger partial charge in [0.15, 0.2) is 0 Å². The molecule has 1 atom stereocenters. The summed E-state index contributed by atoms with van der Waals surface area (Å²) < 4.78 is 9.91. The maximum absolute atomic E-state index is 11.7. The van der Waals surface area contributed by atoms with Crippen molar-refractivity contribution in [3.05, 3.63) is 40.4 Å². The molecule has 100 valence electrons. The fraction of sp³-hybridized carbons (Fsp3) is 0.286. The number of hydrogen-bond donors (Lipinski definition) is 0. The van der Waals surface area contributed by atoms with Crippen molar-refractivity contribution in [1.29, 1.82) is 5.26 Å². The minimum atomic E-state index is -0.665. The highest BCUT2D eigenvalue weighted by atomic mass is 35.5. The van der Waals surface area contributed by atoms with Crippen molar-refractivity contribution in [3.63, 3.8) is 0 Å². The van der Waals surface area contributed by atoms with E-state index in [1.807, 2.05) is 6.07 Å². The van der Waals surface area contributed by atoms with E-state index in [0.29, 0.717) is 10.6 Å². The molecule has 1 aromatic rings. The lowest BCUT2D eigenvalue weighted by Gasteiger charge is -2.11. The number of nitrogens with zero attached hydrogens (tertiary/aromatic N) is 1. The Bertz CT molecular complexity index is 502. The maximum atomic E-state index is 11.7. The Labute approximate surface area is 117 Å². The lowest BCUT2D eigenvalue weighted by molar-refractivity contribution is -0.145. The Morgan fingerprint density at radius 3 is 2.63 bits per heavy atom. The third kappa shape index (κ3) is 5.12. The lowest BCUT2D eigenvalue weighted by atomic mass is 10.1. The smallest absolute Gasteiger partial charge is 0.349 e. The maximum Gasteiger partial charge on any atom is 0.349 e. The molecule has 5 heteroatoms. The molecule has 1 unspecified atom stereocenters. The van der Waals surface area contributed by atoms with Crippen LogP contribution in [-0.2, 0) is 14.3 Å². The number of benzene rings is 1. The van der Waals surface area contributed by atoms with E-state index in [2.05, 4.69) is 0 Å². The number of ether oxygens (including phenoxy) is 2. The SMILES string of the molecule is COCC(C)OC(=O)/C(C#N)=C\c1ccc(Cl)cc1. The summed E-state index contributed by atoms with van der Waals surface area (Å²) in [7, 11) is 1.51. The fourth-order valence-electron chi connectivity index (χ4n) is 1.38. The molecule has 1 rings (SSSR count). The van der Waals surface area contributed by atoms with Crippen molar-refractivity contribution in [1.82, 2.24) is 0 Å².